The van der Waals surface area contributed by atoms with Gasteiger partial charge in [0.1, 0.15) is 0 Å². The molecule has 30 heavy (non-hydrogen) atoms. The topological polar surface area (TPSA) is 54.0 Å². The molecule has 2 aromatic carbocycles. The summed E-state index contributed by atoms with van der Waals surface area (Å²) in [4.78, 5) is 17.2. The van der Waals surface area contributed by atoms with E-state index in [9.17, 15) is 4.79 Å². The number of rotatable bonds is 8. The van der Waals surface area contributed by atoms with E-state index in [4.69, 9.17) is 9.47 Å². The Kier molecular flexibility index (Phi) is 7.57. The van der Waals surface area contributed by atoms with Crippen LogP contribution in [0, 0.1) is 0 Å². The third-order valence-electron chi connectivity index (χ3n) is 5.89. The van der Waals surface area contributed by atoms with Crippen LogP contribution >= 0.6 is 0 Å². The molecule has 2 amide bonds. The van der Waals surface area contributed by atoms with Crippen molar-refractivity contribution in [3.8, 4) is 11.5 Å². The minimum Gasteiger partial charge on any atom is -0.493 e. The van der Waals surface area contributed by atoms with Gasteiger partial charge in [0.15, 0.2) is 11.5 Å². The van der Waals surface area contributed by atoms with Crippen LogP contribution in [-0.4, -0.2) is 56.2 Å². The summed E-state index contributed by atoms with van der Waals surface area (Å²) in [5, 5.41) is 3.17. The van der Waals surface area contributed by atoms with Crippen molar-refractivity contribution in [3.63, 3.8) is 0 Å². The van der Waals surface area contributed by atoms with Crippen molar-refractivity contribution in [3.05, 3.63) is 59.2 Å². The van der Waals surface area contributed by atoms with Crippen molar-refractivity contribution in [2.24, 2.45) is 0 Å². The lowest BCUT2D eigenvalue weighted by atomic mass is 9.99. The van der Waals surface area contributed by atoms with E-state index in [0.29, 0.717) is 25.4 Å². The van der Waals surface area contributed by atoms with Gasteiger partial charge in [-0.3, -0.25) is 4.90 Å². The number of benzene rings is 2. The number of carbonyl (C=O) groups is 1. The lowest BCUT2D eigenvalue weighted by Gasteiger charge is -2.33. The van der Waals surface area contributed by atoms with E-state index < -0.39 is 0 Å². The minimum absolute atomic E-state index is 0.0245. The Morgan fingerprint density at radius 1 is 1.07 bits per heavy atom. The Labute approximate surface area is 179 Å². The number of methoxy groups -OCH3 is 2. The van der Waals surface area contributed by atoms with Gasteiger partial charge in [-0.2, -0.15) is 0 Å². The van der Waals surface area contributed by atoms with E-state index in [-0.39, 0.29) is 12.1 Å². The Balaban J connectivity index is 1.68. The van der Waals surface area contributed by atoms with Crippen LogP contribution in [0.4, 0.5) is 4.79 Å². The molecule has 1 aliphatic heterocycles. The third-order valence-corrected chi connectivity index (χ3v) is 5.89. The number of hydrogen-bond acceptors (Lipinski definition) is 4. The summed E-state index contributed by atoms with van der Waals surface area (Å²) < 4.78 is 10.8. The maximum Gasteiger partial charge on any atom is 0.317 e. The van der Waals surface area contributed by atoms with E-state index in [1.807, 2.05) is 23.1 Å². The summed E-state index contributed by atoms with van der Waals surface area (Å²) in [6, 6.07) is 14.5. The number of hydrogen-bond donors (Lipinski definition) is 1. The van der Waals surface area contributed by atoms with Crippen LogP contribution < -0.4 is 14.8 Å². The Morgan fingerprint density at radius 3 is 2.30 bits per heavy atom. The van der Waals surface area contributed by atoms with E-state index in [1.54, 1.807) is 14.2 Å². The molecule has 162 valence electrons. The van der Waals surface area contributed by atoms with Crippen LogP contribution in [0.5, 0.6) is 11.5 Å². The molecule has 0 radical (unpaired) electrons. The van der Waals surface area contributed by atoms with Gasteiger partial charge in [0, 0.05) is 19.6 Å². The molecular formula is C24H33N3O3. The maximum absolute atomic E-state index is 13.0. The molecule has 1 atom stereocenters. The van der Waals surface area contributed by atoms with Crippen molar-refractivity contribution in [1.29, 1.82) is 0 Å². The fourth-order valence-corrected chi connectivity index (χ4v) is 4.15. The monoisotopic (exact) mass is 411 g/mol. The molecule has 1 heterocycles. The second-order valence-electron chi connectivity index (χ2n) is 7.48. The third kappa shape index (κ3) is 4.87. The number of nitrogens with zero attached hydrogens (tertiary/aromatic N) is 2. The quantitative estimate of drug-likeness (QED) is 0.717. The number of carbonyl (C=O) groups excluding carboxylic acids is 1. The zero-order valence-electron chi connectivity index (χ0n) is 18.5. The second kappa shape index (κ2) is 10.3. The summed E-state index contributed by atoms with van der Waals surface area (Å²) in [5.41, 5.74) is 3.54. The number of urea groups is 1. The highest BCUT2D eigenvalue weighted by molar-refractivity contribution is 5.74. The van der Waals surface area contributed by atoms with Gasteiger partial charge < -0.3 is 19.7 Å². The average Bonchev–Trinajstić information content (AvgIpc) is 2.80. The van der Waals surface area contributed by atoms with Crippen LogP contribution in [0.25, 0.3) is 0 Å². The van der Waals surface area contributed by atoms with Gasteiger partial charge in [0.2, 0.25) is 0 Å². The summed E-state index contributed by atoms with van der Waals surface area (Å²) in [6.07, 6.45) is 0.807. The largest absolute Gasteiger partial charge is 0.493 e. The van der Waals surface area contributed by atoms with Crippen LogP contribution in [0.1, 0.15) is 36.6 Å². The molecule has 0 spiro atoms. The molecule has 0 aliphatic carbocycles. The lowest BCUT2D eigenvalue weighted by Crippen LogP contribution is -2.46. The Morgan fingerprint density at radius 2 is 1.70 bits per heavy atom. The highest BCUT2D eigenvalue weighted by Gasteiger charge is 2.24. The van der Waals surface area contributed by atoms with Gasteiger partial charge >= 0.3 is 6.03 Å². The molecule has 0 saturated carbocycles. The number of amides is 2. The molecular weight excluding hydrogens is 378 g/mol. The molecule has 2 aromatic rings. The predicted molar refractivity (Wildman–Crippen MR) is 119 cm³/mol. The molecule has 0 saturated heterocycles. The average molecular weight is 412 g/mol. The van der Waals surface area contributed by atoms with Crippen LogP contribution in [-0.2, 0) is 13.0 Å². The van der Waals surface area contributed by atoms with Gasteiger partial charge in [0.25, 0.3) is 0 Å². The molecule has 6 nitrogen and oxygen atoms in total. The van der Waals surface area contributed by atoms with Crippen molar-refractivity contribution in [2.45, 2.75) is 32.9 Å². The van der Waals surface area contributed by atoms with Crippen molar-refractivity contribution < 1.29 is 14.3 Å². The fraction of sp³-hybridized carbons (Fsp3) is 0.458. The normalized spacial score (nSPS) is 14.2. The number of ether oxygens (including phenoxy) is 2. The van der Waals surface area contributed by atoms with E-state index in [2.05, 4.69) is 48.3 Å². The first-order chi connectivity index (χ1) is 14.6. The summed E-state index contributed by atoms with van der Waals surface area (Å²) in [5.74, 6) is 1.43. The highest BCUT2D eigenvalue weighted by atomic mass is 16.5. The number of nitrogens with one attached hydrogen (secondary N) is 1. The smallest absolute Gasteiger partial charge is 0.317 e. The minimum atomic E-state index is -0.0245. The standard InChI is InChI=1S/C24H33N3O3/c1-5-26(6-2)21(18-10-8-7-9-11-18)16-25-24(28)27-13-12-19-14-22(29-3)23(30-4)15-20(19)17-27/h7-11,14-15,21H,5-6,12-13,16-17H2,1-4H3,(H,25,28)/t21-/m1/s1. The Bertz CT molecular complexity index is 837. The maximum atomic E-state index is 13.0. The second-order valence-corrected chi connectivity index (χ2v) is 7.48. The predicted octanol–water partition coefficient (Wildman–Crippen LogP) is 3.85. The van der Waals surface area contributed by atoms with Crippen LogP contribution in [0.3, 0.4) is 0 Å². The van der Waals surface area contributed by atoms with E-state index in [0.717, 1.165) is 30.8 Å². The zero-order valence-corrected chi connectivity index (χ0v) is 18.5. The number of fused-ring (bicyclic) bond motifs is 1. The molecule has 6 heteroatoms. The van der Waals surface area contributed by atoms with Gasteiger partial charge in [0.05, 0.1) is 20.3 Å². The van der Waals surface area contributed by atoms with Gasteiger partial charge in [-0.15, -0.1) is 0 Å². The Hall–Kier alpha value is -2.73. The summed E-state index contributed by atoms with van der Waals surface area (Å²) in [7, 11) is 3.28. The summed E-state index contributed by atoms with van der Waals surface area (Å²) in [6.45, 7) is 8.03. The van der Waals surface area contributed by atoms with Gasteiger partial charge in [-0.05, 0) is 48.3 Å². The van der Waals surface area contributed by atoms with Crippen molar-refractivity contribution in [1.82, 2.24) is 15.1 Å². The molecule has 1 aliphatic rings. The van der Waals surface area contributed by atoms with Gasteiger partial charge in [-0.1, -0.05) is 44.2 Å². The first-order valence-corrected chi connectivity index (χ1v) is 10.7. The molecule has 0 aromatic heterocycles. The van der Waals surface area contributed by atoms with Crippen LogP contribution in [0.15, 0.2) is 42.5 Å². The molecule has 1 N–H and O–H groups in total. The number of likely N-dealkylation sites (N-methyl/N-ethyl adjacent to an activating group) is 1. The summed E-state index contributed by atoms with van der Waals surface area (Å²) >= 11 is 0. The molecule has 3 rings (SSSR count). The van der Waals surface area contributed by atoms with Gasteiger partial charge in [-0.25, -0.2) is 4.79 Å². The zero-order chi connectivity index (χ0) is 21.5. The SMILES string of the molecule is CCN(CC)[C@H](CNC(=O)N1CCc2cc(OC)c(OC)cc2C1)c1ccccc1. The van der Waals surface area contributed by atoms with E-state index in [1.165, 1.54) is 11.1 Å². The highest BCUT2D eigenvalue weighted by Crippen LogP contribution is 2.33. The van der Waals surface area contributed by atoms with Crippen molar-refractivity contribution in [2.75, 3.05) is 40.4 Å². The van der Waals surface area contributed by atoms with Crippen molar-refractivity contribution >= 4 is 6.03 Å². The fourth-order valence-electron chi connectivity index (χ4n) is 4.15. The lowest BCUT2D eigenvalue weighted by molar-refractivity contribution is 0.178. The molecule has 0 fully saturated rings. The van der Waals surface area contributed by atoms with E-state index >= 15 is 0 Å². The first-order valence-electron chi connectivity index (χ1n) is 10.7. The first kappa shape index (κ1) is 22.0. The van der Waals surface area contributed by atoms with Crippen LogP contribution in [0.2, 0.25) is 0 Å². The molecule has 0 unspecified atom stereocenters. The molecule has 0 bridgehead atoms.